The number of rotatable bonds is 6. The predicted octanol–water partition coefficient (Wildman–Crippen LogP) is 10.2. The first-order valence-corrected chi connectivity index (χ1v) is 13.6. The van der Waals surface area contributed by atoms with E-state index >= 15 is 0 Å². The van der Waals surface area contributed by atoms with Crippen LogP contribution in [0.5, 0.6) is 0 Å². The number of methoxy groups -OCH3 is 1. The standard InChI is InChI=1S/C9H18O2.C8H17F.C8H16O2.C6H12F2/c1-7(8(10)11-5)6-9(2,3)4;1-7(2,3)6-8(4,5)9;1-6(7(9)10)5-8(2,3)4;1-6(2,3)4-5(7)8/h7H,6H2,1-5H3;6H2,1-5H3;6H,5H2,1-4H3,(H,9,10);5H,4H2,1-3H3/t7-;;6-;/m0.0./s1. The average Bonchev–Trinajstić information content (AvgIpc) is 2.54. The highest BCUT2D eigenvalue weighted by Gasteiger charge is 2.24. The fourth-order valence-corrected chi connectivity index (χ4v) is 3.93. The zero-order valence-corrected chi connectivity index (χ0v) is 27.9. The molecule has 0 saturated carbocycles. The number of hydrogen-bond acceptors (Lipinski definition) is 3. The molecule has 7 heteroatoms. The van der Waals surface area contributed by atoms with Crippen LogP contribution in [0.2, 0.25) is 0 Å². The van der Waals surface area contributed by atoms with Gasteiger partial charge in [-0.3, -0.25) is 9.59 Å². The lowest BCUT2D eigenvalue weighted by Crippen LogP contribution is -2.21. The summed E-state index contributed by atoms with van der Waals surface area (Å²) in [5.41, 5.74) is -0.809. The van der Waals surface area contributed by atoms with Gasteiger partial charge in [0.15, 0.2) is 0 Å². The number of alkyl halides is 3. The van der Waals surface area contributed by atoms with Crippen molar-refractivity contribution in [1.82, 2.24) is 0 Å². The number of carboxylic acids is 1. The van der Waals surface area contributed by atoms with Gasteiger partial charge in [0.05, 0.1) is 18.9 Å². The third-order valence-electron chi connectivity index (χ3n) is 4.58. The molecule has 0 unspecified atom stereocenters. The van der Waals surface area contributed by atoms with Crippen LogP contribution in [0.15, 0.2) is 0 Å². The molecule has 0 radical (unpaired) electrons. The maximum absolute atomic E-state index is 12.9. The predicted molar refractivity (Wildman–Crippen MR) is 155 cm³/mol. The van der Waals surface area contributed by atoms with Gasteiger partial charge in [0.1, 0.15) is 5.67 Å². The molecule has 4 nitrogen and oxygen atoms in total. The summed E-state index contributed by atoms with van der Waals surface area (Å²) in [7, 11) is 1.43. The molecule has 0 aromatic rings. The molecule has 0 heterocycles. The maximum atomic E-state index is 12.9. The van der Waals surface area contributed by atoms with Gasteiger partial charge in [-0.25, -0.2) is 13.2 Å². The molecule has 0 aliphatic rings. The molecule has 38 heavy (non-hydrogen) atoms. The van der Waals surface area contributed by atoms with Crippen molar-refractivity contribution in [2.75, 3.05) is 7.11 Å². The Bertz CT molecular complexity index is 614. The summed E-state index contributed by atoms with van der Waals surface area (Å²) in [6.45, 7) is 31.0. The Hall–Kier alpha value is -1.27. The molecule has 0 rings (SSSR count). The van der Waals surface area contributed by atoms with E-state index in [0.717, 1.165) is 12.8 Å². The Morgan fingerprint density at radius 3 is 1.08 bits per heavy atom. The van der Waals surface area contributed by atoms with Gasteiger partial charge in [0.25, 0.3) is 0 Å². The molecule has 0 aliphatic heterocycles. The van der Waals surface area contributed by atoms with Crippen molar-refractivity contribution in [2.24, 2.45) is 33.5 Å². The van der Waals surface area contributed by atoms with Crippen molar-refractivity contribution in [3.8, 4) is 0 Å². The smallest absolute Gasteiger partial charge is 0.308 e. The Labute approximate surface area is 233 Å². The summed E-state index contributed by atoms with van der Waals surface area (Å²) < 4.78 is 40.6. The monoisotopic (exact) mass is 556 g/mol. The van der Waals surface area contributed by atoms with E-state index in [4.69, 9.17) is 5.11 Å². The van der Waals surface area contributed by atoms with Crippen molar-refractivity contribution in [3.63, 3.8) is 0 Å². The Morgan fingerprint density at radius 1 is 0.658 bits per heavy atom. The number of carboxylic acid groups (broad SMARTS) is 1. The average molecular weight is 557 g/mol. The van der Waals surface area contributed by atoms with E-state index in [1.807, 2.05) is 48.5 Å². The molecule has 2 atom stereocenters. The minimum absolute atomic E-state index is 0.00694. The summed E-state index contributed by atoms with van der Waals surface area (Å²) >= 11 is 0. The van der Waals surface area contributed by atoms with Crippen molar-refractivity contribution in [2.45, 2.75) is 149 Å². The molecule has 0 bridgehead atoms. The van der Waals surface area contributed by atoms with Crippen LogP contribution in [0, 0.1) is 33.5 Å². The van der Waals surface area contributed by atoms with Gasteiger partial charge >= 0.3 is 11.9 Å². The lowest BCUT2D eigenvalue weighted by molar-refractivity contribution is -0.146. The fourth-order valence-electron chi connectivity index (χ4n) is 3.93. The zero-order chi connectivity index (χ0) is 31.9. The lowest BCUT2D eigenvalue weighted by Gasteiger charge is -2.25. The summed E-state index contributed by atoms with van der Waals surface area (Å²) in [6.07, 6.45) is 0.0737. The Kier molecular flexibility index (Phi) is 20.9. The minimum Gasteiger partial charge on any atom is -0.481 e. The summed E-state index contributed by atoms with van der Waals surface area (Å²) in [5, 5.41) is 8.55. The van der Waals surface area contributed by atoms with Gasteiger partial charge in [0.2, 0.25) is 6.43 Å². The largest absolute Gasteiger partial charge is 0.481 e. The highest BCUT2D eigenvalue weighted by atomic mass is 19.3. The molecule has 232 valence electrons. The number of ether oxygens (including phenoxy) is 1. The van der Waals surface area contributed by atoms with Gasteiger partial charge in [-0.1, -0.05) is 96.9 Å². The molecule has 0 amide bonds. The number of halogens is 3. The van der Waals surface area contributed by atoms with Gasteiger partial charge in [-0.05, 0) is 54.8 Å². The number of aliphatic carboxylic acids is 1. The Balaban J connectivity index is -0.000000204. The number of esters is 1. The number of carbonyl (C=O) groups excluding carboxylic acids is 1. The van der Waals surface area contributed by atoms with Crippen LogP contribution >= 0.6 is 0 Å². The van der Waals surface area contributed by atoms with Gasteiger partial charge in [-0.15, -0.1) is 0 Å². The van der Waals surface area contributed by atoms with E-state index in [1.165, 1.54) is 7.11 Å². The van der Waals surface area contributed by atoms with Crippen LogP contribution in [0.4, 0.5) is 13.2 Å². The van der Waals surface area contributed by atoms with Crippen LogP contribution in [0.25, 0.3) is 0 Å². The second-order valence-corrected chi connectivity index (χ2v) is 15.8. The molecule has 0 spiro atoms. The van der Waals surface area contributed by atoms with Crippen LogP contribution < -0.4 is 0 Å². The molecule has 0 fully saturated rings. The van der Waals surface area contributed by atoms with E-state index < -0.39 is 18.1 Å². The van der Waals surface area contributed by atoms with Gasteiger partial charge in [-0.2, -0.15) is 0 Å². The number of hydrogen-bond donors (Lipinski definition) is 1. The molecular formula is C31H63F3O4. The van der Waals surface area contributed by atoms with Crippen molar-refractivity contribution >= 4 is 11.9 Å². The summed E-state index contributed by atoms with van der Waals surface area (Å²) in [5.74, 6) is -1.02. The maximum Gasteiger partial charge on any atom is 0.308 e. The third-order valence-corrected chi connectivity index (χ3v) is 4.58. The highest BCUT2D eigenvalue weighted by molar-refractivity contribution is 5.71. The van der Waals surface area contributed by atoms with E-state index in [1.54, 1.807) is 41.5 Å². The van der Waals surface area contributed by atoms with Gasteiger partial charge in [0, 0.05) is 6.42 Å². The molecule has 0 aromatic carbocycles. The second kappa shape index (κ2) is 18.1. The van der Waals surface area contributed by atoms with Gasteiger partial charge < -0.3 is 9.84 Å². The highest BCUT2D eigenvalue weighted by Crippen LogP contribution is 2.29. The molecular weight excluding hydrogens is 493 g/mol. The lowest BCUT2D eigenvalue weighted by atomic mass is 9.85. The van der Waals surface area contributed by atoms with Crippen molar-refractivity contribution < 1.29 is 32.6 Å². The van der Waals surface area contributed by atoms with E-state index in [9.17, 15) is 22.8 Å². The van der Waals surface area contributed by atoms with Crippen LogP contribution in [-0.2, 0) is 14.3 Å². The fraction of sp³-hybridized carbons (Fsp3) is 0.935. The molecule has 1 N–H and O–H groups in total. The number of carbonyl (C=O) groups is 2. The van der Waals surface area contributed by atoms with Crippen LogP contribution in [0.3, 0.4) is 0 Å². The molecule has 0 saturated heterocycles. The first-order chi connectivity index (χ1) is 16.3. The topological polar surface area (TPSA) is 63.6 Å². The quantitative estimate of drug-likeness (QED) is 0.331. The van der Waals surface area contributed by atoms with Crippen molar-refractivity contribution in [1.29, 1.82) is 0 Å². The van der Waals surface area contributed by atoms with E-state index in [0.29, 0.717) is 6.42 Å². The SMILES string of the molecule is CC(C)(C)CC(C)(C)F.CC(C)(C)CC(F)F.COC(=O)[C@@H](C)CC(C)(C)C.C[C@@H](CC(C)(C)C)C(=O)O. The first kappa shape index (κ1) is 43.8. The summed E-state index contributed by atoms with van der Waals surface area (Å²) in [4.78, 5) is 21.3. The summed E-state index contributed by atoms with van der Waals surface area (Å²) in [6, 6.07) is 0. The van der Waals surface area contributed by atoms with Crippen molar-refractivity contribution in [3.05, 3.63) is 0 Å². The van der Waals surface area contributed by atoms with Crippen LogP contribution in [-0.4, -0.2) is 36.2 Å². The zero-order valence-electron chi connectivity index (χ0n) is 27.9. The van der Waals surface area contributed by atoms with E-state index in [-0.39, 0.29) is 45.9 Å². The Morgan fingerprint density at radius 2 is 0.974 bits per heavy atom. The minimum atomic E-state index is -2.16. The molecule has 0 aromatic heterocycles. The first-order valence-electron chi connectivity index (χ1n) is 13.6. The second-order valence-electron chi connectivity index (χ2n) is 15.8. The normalized spacial score (nSPS) is 14.0. The van der Waals surface area contributed by atoms with Crippen LogP contribution in [0.1, 0.15) is 136 Å². The third kappa shape index (κ3) is 44.7. The molecule has 0 aliphatic carbocycles. The van der Waals surface area contributed by atoms with E-state index in [2.05, 4.69) is 25.5 Å².